The van der Waals surface area contributed by atoms with Crippen LogP contribution in [0.2, 0.25) is 0 Å². The van der Waals surface area contributed by atoms with Gasteiger partial charge in [-0.05, 0) is 32.2 Å². The molecule has 1 saturated heterocycles. The van der Waals surface area contributed by atoms with Gasteiger partial charge in [0, 0.05) is 31.8 Å². The Bertz CT molecular complexity index is 179. The van der Waals surface area contributed by atoms with Crippen LogP contribution in [0.1, 0.15) is 46.0 Å². The van der Waals surface area contributed by atoms with Crippen molar-refractivity contribution in [2.24, 2.45) is 5.41 Å². The fourth-order valence-corrected chi connectivity index (χ4v) is 2.36. The number of hydrogen-bond donors (Lipinski definition) is 1. The highest BCUT2D eigenvalue weighted by Gasteiger charge is 2.32. The summed E-state index contributed by atoms with van der Waals surface area (Å²) in [5.74, 6) is 0. The Balaban J connectivity index is 2.24. The second-order valence-electron chi connectivity index (χ2n) is 5.15. The minimum atomic E-state index is 0.320. The first-order chi connectivity index (χ1) is 8.33. The van der Waals surface area contributed by atoms with Crippen molar-refractivity contribution in [3.8, 4) is 0 Å². The summed E-state index contributed by atoms with van der Waals surface area (Å²) in [5.41, 5.74) is 0.320. The molecule has 1 rings (SSSR count). The summed E-state index contributed by atoms with van der Waals surface area (Å²) in [4.78, 5) is 0. The van der Waals surface area contributed by atoms with Gasteiger partial charge in [0.05, 0.1) is 6.61 Å². The molecule has 0 aliphatic carbocycles. The third-order valence-corrected chi connectivity index (χ3v) is 3.57. The van der Waals surface area contributed by atoms with E-state index in [1.54, 1.807) is 0 Å². The van der Waals surface area contributed by atoms with Gasteiger partial charge in [-0.3, -0.25) is 0 Å². The zero-order valence-electron chi connectivity index (χ0n) is 11.6. The molecule has 0 spiro atoms. The predicted octanol–water partition coefficient (Wildman–Crippen LogP) is 2.60. The van der Waals surface area contributed by atoms with Crippen LogP contribution in [0.15, 0.2) is 0 Å². The monoisotopic (exact) mass is 243 g/mol. The van der Waals surface area contributed by atoms with Crippen molar-refractivity contribution in [3.05, 3.63) is 0 Å². The van der Waals surface area contributed by atoms with Crippen LogP contribution >= 0.6 is 0 Å². The van der Waals surface area contributed by atoms with Crippen LogP contribution in [-0.4, -0.2) is 39.5 Å². The lowest BCUT2D eigenvalue weighted by atomic mass is 9.79. The second kappa shape index (κ2) is 8.90. The van der Waals surface area contributed by atoms with Crippen LogP contribution in [0, 0.1) is 5.41 Å². The van der Waals surface area contributed by atoms with Crippen molar-refractivity contribution in [3.63, 3.8) is 0 Å². The first kappa shape index (κ1) is 14.9. The summed E-state index contributed by atoms with van der Waals surface area (Å²) in [5, 5.41) is 3.48. The average molecular weight is 243 g/mol. The van der Waals surface area contributed by atoms with E-state index in [9.17, 15) is 0 Å². The predicted molar refractivity (Wildman–Crippen MR) is 71.4 cm³/mol. The summed E-state index contributed by atoms with van der Waals surface area (Å²) in [6, 6.07) is 0. The van der Waals surface area contributed by atoms with Gasteiger partial charge < -0.3 is 14.8 Å². The molecule has 0 aromatic carbocycles. The van der Waals surface area contributed by atoms with E-state index in [4.69, 9.17) is 9.47 Å². The lowest BCUT2D eigenvalue weighted by molar-refractivity contribution is -0.0271. The molecule has 1 heterocycles. The Hall–Kier alpha value is -0.120. The number of hydrogen-bond acceptors (Lipinski definition) is 3. The maximum atomic E-state index is 5.70. The Labute approximate surface area is 106 Å². The van der Waals surface area contributed by atoms with Crippen LogP contribution in [0.4, 0.5) is 0 Å². The molecule has 3 nitrogen and oxygen atoms in total. The molecule has 0 radical (unpaired) electrons. The van der Waals surface area contributed by atoms with Crippen LogP contribution < -0.4 is 5.32 Å². The Kier molecular flexibility index (Phi) is 7.82. The molecule has 1 aliphatic heterocycles. The fraction of sp³-hybridized carbons (Fsp3) is 1.00. The normalized spacial score (nSPS) is 25.1. The molecule has 0 bridgehead atoms. The topological polar surface area (TPSA) is 30.5 Å². The van der Waals surface area contributed by atoms with Gasteiger partial charge in [-0.1, -0.05) is 20.3 Å². The van der Waals surface area contributed by atoms with Gasteiger partial charge in [-0.2, -0.15) is 0 Å². The molecular formula is C14H29NO2. The molecule has 0 saturated carbocycles. The SMILES string of the molecule is CCCCOCCC1(CNCC)CCCOC1. The molecule has 1 fully saturated rings. The van der Waals surface area contributed by atoms with E-state index in [0.29, 0.717) is 5.41 Å². The van der Waals surface area contributed by atoms with Crippen molar-refractivity contribution in [1.82, 2.24) is 5.32 Å². The largest absolute Gasteiger partial charge is 0.381 e. The van der Waals surface area contributed by atoms with Gasteiger partial charge in [0.25, 0.3) is 0 Å². The van der Waals surface area contributed by atoms with Crippen molar-refractivity contribution in [2.45, 2.75) is 46.0 Å². The quantitative estimate of drug-likeness (QED) is 0.631. The van der Waals surface area contributed by atoms with Crippen LogP contribution in [0.25, 0.3) is 0 Å². The van der Waals surface area contributed by atoms with Crippen molar-refractivity contribution >= 4 is 0 Å². The zero-order valence-corrected chi connectivity index (χ0v) is 11.6. The summed E-state index contributed by atoms with van der Waals surface area (Å²) in [7, 11) is 0. The molecule has 102 valence electrons. The molecule has 0 aromatic heterocycles. The summed E-state index contributed by atoms with van der Waals surface area (Å²) < 4.78 is 11.4. The first-order valence-corrected chi connectivity index (χ1v) is 7.19. The Morgan fingerprint density at radius 1 is 1.29 bits per heavy atom. The minimum absolute atomic E-state index is 0.320. The molecule has 1 aliphatic rings. The maximum absolute atomic E-state index is 5.70. The molecule has 0 aromatic rings. The summed E-state index contributed by atoms with van der Waals surface area (Å²) in [6.45, 7) is 10.1. The average Bonchev–Trinajstić information content (AvgIpc) is 2.37. The highest BCUT2D eigenvalue weighted by Crippen LogP contribution is 2.31. The van der Waals surface area contributed by atoms with Gasteiger partial charge >= 0.3 is 0 Å². The molecule has 17 heavy (non-hydrogen) atoms. The van der Waals surface area contributed by atoms with E-state index in [0.717, 1.165) is 45.9 Å². The third-order valence-electron chi connectivity index (χ3n) is 3.57. The molecule has 3 heteroatoms. The van der Waals surface area contributed by atoms with Gasteiger partial charge in [0.15, 0.2) is 0 Å². The van der Waals surface area contributed by atoms with E-state index >= 15 is 0 Å². The van der Waals surface area contributed by atoms with E-state index in [1.165, 1.54) is 25.7 Å². The zero-order chi connectivity index (χ0) is 12.4. The maximum Gasteiger partial charge on any atom is 0.0535 e. The highest BCUT2D eigenvalue weighted by molar-refractivity contribution is 4.83. The Morgan fingerprint density at radius 2 is 2.18 bits per heavy atom. The molecular weight excluding hydrogens is 214 g/mol. The second-order valence-corrected chi connectivity index (χ2v) is 5.15. The van der Waals surface area contributed by atoms with E-state index in [2.05, 4.69) is 19.2 Å². The lowest BCUT2D eigenvalue weighted by Crippen LogP contribution is -2.42. The van der Waals surface area contributed by atoms with Gasteiger partial charge in [-0.15, -0.1) is 0 Å². The number of nitrogens with one attached hydrogen (secondary N) is 1. The smallest absolute Gasteiger partial charge is 0.0535 e. The van der Waals surface area contributed by atoms with E-state index < -0.39 is 0 Å². The fourth-order valence-electron chi connectivity index (χ4n) is 2.36. The summed E-state index contributed by atoms with van der Waals surface area (Å²) in [6.07, 6.45) is 5.99. The Morgan fingerprint density at radius 3 is 2.82 bits per heavy atom. The van der Waals surface area contributed by atoms with Gasteiger partial charge in [0.2, 0.25) is 0 Å². The van der Waals surface area contributed by atoms with Gasteiger partial charge in [-0.25, -0.2) is 0 Å². The molecule has 1 unspecified atom stereocenters. The third kappa shape index (κ3) is 5.84. The van der Waals surface area contributed by atoms with Crippen LogP contribution in [0.5, 0.6) is 0 Å². The lowest BCUT2D eigenvalue weighted by Gasteiger charge is -2.37. The van der Waals surface area contributed by atoms with E-state index in [1.807, 2.05) is 0 Å². The van der Waals surface area contributed by atoms with Crippen LogP contribution in [0.3, 0.4) is 0 Å². The van der Waals surface area contributed by atoms with E-state index in [-0.39, 0.29) is 0 Å². The van der Waals surface area contributed by atoms with Gasteiger partial charge in [0.1, 0.15) is 0 Å². The van der Waals surface area contributed by atoms with Crippen molar-refractivity contribution in [2.75, 3.05) is 39.5 Å². The van der Waals surface area contributed by atoms with Crippen LogP contribution in [-0.2, 0) is 9.47 Å². The molecule has 0 amide bonds. The number of unbranched alkanes of at least 4 members (excludes halogenated alkanes) is 1. The minimum Gasteiger partial charge on any atom is -0.381 e. The molecule has 1 atom stereocenters. The van der Waals surface area contributed by atoms with Crippen molar-refractivity contribution in [1.29, 1.82) is 0 Å². The molecule has 1 N–H and O–H groups in total. The number of rotatable bonds is 9. The standard InChI is InChI=1S/C14H29NO2/c1-3-5-9-16-11-8-14(12-15-4-2)7-6-10-17-13-14/h15H,3-13H2,1-2H3. The number of ether oxygens (including phenoxy) is 2. The first-order valence-electron chi connectivity index (χ1n) is 7.19. The highest BCUT2D eigenvalue weighted by atomic mass is 16.5. The van der Waals surface area contributed by atoms with Crippen molar-refractivity contribution < 1.29 is 9.47 Å². The summed E-state index contributed by atoms with van der Waals surface area (Å²) >= 11 is 0.